The van der Waals surface area contributed by atoms with Gasteiger partial charge in [0, 0.05) is 36.8 Å². The molecule has 2 amide bonds. The van der Waals surface area contributed by atoms with Crippen molar-refractivity contribution in [1.82, 2.24) is 15.0 Å². The number of nitrogens with one attached hydrogen (secondary N) is 3. The first kappa shape index (κ1) is 34.9. The number of methoxy groups -OCH3 is 1. The normalized spacial score (nSPS) is 14.0. The molecule has 0 radical (unpaired) electrons. The number of carbonyl (C=O) groups is 1. The summed E-state index contributed by atoms with van der Waals surface area (Å²) in [6.07, 6.45) is 1.89. The summed E-state index contributed by atoms with van der Waals surface area (Å²) in [5, 5.41) is 11.5. The molecule has 3 N–H and O–H groups in total. The van der Waals surface area contributed by atoms with Crippen LogP contribution in [0.5, 0.6) is 5.75 Å². The Morgan fingerprint density at radius 1 is 0.940 bits per heavy atom. The number of aromatic nitrogens is 2. The van der Waals surface area contributed by atoms with Gasteiger partial charge in [-0.2, -0.15) is 0 Å². The van der Waals surface area contributed by atoms with Crippen molar-refractivity contribution in [1.29, 1.82) is 0 Å². The summed E-state index contributed by atoms with van der Waals surface area (Å²) in [7, 11) is -2.69. The molecule has 0 bridgehead atoms. The third-order valence-electron chi connectivity index (χ3n) is 8.69. The van der Waals surface area contributed by atoms with Gasteiger partial charge in [0.15, 0.2) is 16.4 Å². The van der Waals surface area contributed by atoms with Crippen LogP contribution >= 0.6 is 0 Å². The van der Waals surface area contributed by atoms with Gasteiger partial charge in [0.2, 0.25) is 0 Å². The molecule has 12 nitrogen and oxygen atoms in total. The zero-order valence-corrected chi connectivity index (χ0v) is 29.9. The lowest BCUT2D eigenvalue weighted by Gasteiger charge is -2.26. The highest BCUT2D eigenvalue weighted by Gasteiger charge is 2.28. The smallest absolute Gasteiger partial charge is 0.323 e. The molecule has 0 aliphatic carbocycles. The van der Waals surface area contributed by atoms with Crippen LogP contribution in [-0.2, 0) is 26.7 Å². The maximum Gasteiger partial charge on any atom is 0.323 e. The van der Waals surface area contributed by atoms with Crippen molar-refractivity contribution in [2.24, 2.45) is 0 Å². The zero-order valence-electron chi connectivity index (χ0n) is 29.1. The van der Waals surface area contributed by atoms with Crippen LogP contribution in [0.15, 0.2) is 76.3 Å². The quantitative estimate of drug-likeness (QED) is 0.147. The van der Waals surface area contributed by atoms with E-state index in [1.54, 1.807) is 19.1 Å². The van der Waals surface area contributed by atoms with Crippen molar-refractivity contribution in [3.05, 3.63) is 89.6 Å². The van der Waals surface area contributed by atoms with Crippen LogP contribution in [-0.4, -0.2) is 62.9 Å². The largest absolute Gasteiger partial charge is 0.492 e. The predicted octanol–water partition coefficient (Wildman–Crippen LogP) is 7.09. The first-order chi connectivity index (χ1) is 23.8. The average molecular weight is 699 g/mol. The molecule has 1 aliphatic heterocycles. The Balaban J connectivity index is 1.27. The Hall–Kier alpha value is -4.98. The minimum absolute atomic E-state index is 0.0528. The summed E-state index contributed by atoms with van der Waals surface area (Å²) in [4.78, 5) is 20.6. The minimum atomic E-state index is -4.11. The number of hydrogen-bond acceptors (Lipinski definition) is 9. The van der Waals surface area contributed by atoms with Crippen molar-refractivity contribution in [2.75, 3.05) is 48.8 Å². The lowest BCUT2D eigenvalue weighted by molar-refractivity contribution is 0.0336. The van der Waals surface area contributed by atoms with E-state index in [0.29, 0.717) is 5.69 Å². The number of aryl methyl sites for hydroxylation is 2. The number of urea groups is 1. The van der Waals surface area contributed by atoms with E-state index in [4.69, 9.17) is 19.0 Å². The fourth-order valence-electron chi connectivity index (χ4n) is 6.11. The van der Waals surface area contributed by atoms with E-state index < -0.39 is 21.5 Å². The van der Waals surface area contributed by atoms with Gasteiger partial charge in [-0.1, -0.05) is 62.3 Å². The van der Waals surface area contributed by atoms with Gasteiger partial charge in [-0.25, -0.2) is 13.2 Å². The van der Waals surface area contributed by atoms with E-state index in [0.717, 1.165) is 66.0 Å². The maximum atomic E-state index is 13.6. The third kappa shape index (κ3) is 7.44. The van der Waals surface area contributed by atoms with Crippen molar-refractivity contribution in [2.45, 2.75) is 51.5 Å². The first-order valence-electron chi connectivity index (χ1n) is 16.4. The molecular weight excluding hydrogens is 657 g/mol. The van der Waals surface area contributed by atoms with E-state index in [1.807, 2.05) is 63.4 Å². The number of hydrogen-bond donors (Lipinski definition) is 3. The molecular formula is C37H42N6O6S. The molecule has 50 heavy (non-hydrogen) atoms. The van der Waals surface area contributed by atoms with Crippen LogP contribution in [0.1, 0.15) is 43.5 Å². The number of fused-ring (bicyclic) bond motifs is 1. The number of anilines is 3. The number of ether oxygens (including phenoxy) is 2. The molecule has 3 aromatic carbocycles. The topological polar surface area (TPSA) is 148 Å². The molecule has 5 aromatic rings. The van der Waals surface area contributed by atoms with Gasteiger partial charge in [0.25, 0.3) is 10.0 Å². The maximum absolute atomic E-state index is 13.6. The average Bonchev–Trinajstić information content (AvgIpc) is 3.43. The summed E-state index contributed by atoms with van der Waals surface area (Å²) in [6.45, 7) is 13.1. The van der Waals surface area contributed by atoms with Gasteiger partial charge >= 0.3 is 6.03 Å². The SMILES string of the molecule is COc1c(NC(=O)Nc2ccc(-c3ccc(CN4CCOCC4)nc3)c3ccccc23)cc(C(C)(C)C)cc1NS(=O)(=O)c1c(C)noc1C. The van der Waals surface area contributed by atoms with Gasteiger partial charge in [-0.3, -0.25) is 14.6 Å². The number of pyridine rings is 1. The van der Waals surface area contributed by atoms with Crippen LogP contribution in [0.2, 0.25) is 0 Å². The molecule has 0 saturated carbocycles. The van der Waals surface area contributed by atoms with Crippen molar-refractivity contribution >= 4 is 43.9 Å². The lowest BCUT2D eigenvalue weighted by Crippen LogP contribution is -2.35. The second-order valence-corrected chi connectivity index (χ2v) is 14.9. The molecule has 0 spiro atoms. The van der Waals surface area contributed by atoms with Crippen molar-refractivity contribution < 1.29 is 27.2 Å². The molecule has 1 aliphatic rings. The van der Waals surface area contributed by atoms with Crippen LogP contribution in [0, 0.1) is 13.8 Å². The van der Waals surface area contributed by atoms with Crippen LogP contribution < -0.4 is 20.1 Å². The standard InChI is InChI=1S/C37H42N6O6S/c1-23-35(24(2)49-41-23)50(45,46)42-33-20-26(37(3,4)5)19-32(34(33)47-6)40-36(44)39-31-14-13-28(29-9-7-8-10-30(29)31)25-11-12-27(38-21-25)22-43-15-17-48-18-16-43/h7-14,19-21,42H,15-18,22H2,1-6H3,(H2,39,40,44). The Labute approximate surface area is 292 Å². The molecule has 6 rings (SSSR count). The summed E-state index contributed by atoms with van der Waals surface area (Å²) in [6, 6.07) is 18.8. The van der Waals surface area contributed by atoms with E-state index in [2.05, 4.69) is 37.5 Å². The minimum Gasteiger partial charge on any atom is -0.492 e. The number of rotatable bonds is 9. The Morgan fingerprint density at radius 3 is 2.28 bits per heavy atom. The van der Waals surface area contributed by atoms with Crippen LogP contribution in [0.3, 0.4) is 0 Å². The number of carbonyl (C=O) groups excluding carboxylic acids is 1. The van der Waals surface area contributed by atoms with E-state index >= 15 is 0 Å². The Morgan fingerprint density at radius 2 is 1.64 bits per heavy atom. The number of amides is 2. The second kappa shape index (κ2) is 14.1. The highest BCUT2D eigenvalue weighted by molar-refractivity contribution is 7.92. The number of morpholine rings is 1. The van der Waals surface area contributed by atoms with E-state index in [-0.39, 0.29) is 33.5 Å². The molecule has 0 unspecified atom stereocenters. The first-order valence-corrected chi connectivity index (χ1v) is 17.9. The summed E-state index contributed by atoms with van der Waals surface area (Å²) < 4.78 is 45.8. The highest BCUT2D eigenvalue weighted by Crippen LogP contribution is 2.40. The second-order valence-electron chi connectivity index (χ2n) is 13.3. The Bertz CT molecular complexity index is 2120. The summed E-state index contributed by atoms with van der Waals surface area (Å²) >= 11 is 0. The van der Waals surface area contributed by atoms with Crippen molar-refractivity contribution in [3.63, 3.8) is 0 Å². The van der Waals surface area contributed by atoms with Gasteiger partial charge in [-0.15, -0.1) is 0 Å². The summed E-state index contributed by atoms with van der Waals surface area (Å²) in [5.41, 5.74) is 4.62. The van der Waals surface area contributed by atoms with Gasteiger partial charge in [0.05, 0.1) is 43.1 Å². The molecule has 2 aromatic heterocycles. The number of nitrogens with zero attached hydrogens (tertiary/aromatic N) is 3. The fraction of sp³-hybridized carbons (Fsp3) is 0.324. The Kier molecular flexibility index (Phi) is 9.83. The lowest BCUT2D eigenvalue weighted by atomic mass is 9.86. The monoisotopic (exact) mass is 698 g/mol. The van der Waals surface area contributed by atoms with Gasteiger partial charge in [0.1, 0.15) is 5.69 Å². The predicted molar refractivity (Wildman–Crippen MR) is 194 cm³/mol. The third-order valence-corrected chi connectivity index (χ3v) is 10.3. The molecule has 262 valence electrons. The number of benzene rings is 3. The highest BCUT2D eigenvalue weighted by atomic mass is 32.2. The van der Waals surface area contributed by atoms with Gasteiger partial charge < -0.3 is 24.6 Å². The fourth-order valence-corrected chi connectivity index (χ4v) is 7.49. The molecule has 0 atom stereocenters. The molecule has 3 heterocycles. The molecule has 1 fully saturated rings. The number of sulfonamides is 1. The molecule has 13 heteroatoms. The van der Waals surface area contributed by atoms with Gasteiger partial charge in [-0.05, 0) is 60.0 Å². The van der Waals surface area contributed by atoms with E-state index in [1.165, 1.54) is 14.0 Å². The zero-order chi connectivity index (χ0) is 35.6. The summed E-state index contributed by atoms with van der Waals surface area (Å²) in [5.74, 6) is 0.308. The van der Waals surface area contributed by atoms with Crippen molar-refractivity contribution in [3.8, 4) is 16.9 Å². The van der Waals surface area contributed by atoms with Crippen LogP contribution in [0.25, 0.3) is 21.9 Å². The van der Waals surface area contributed by atoms with E-state index in [9.17, 15) is 13.2 Å². The molecule has 1 saturated heterocycles. The van der Waals surface area contributed by atoms with Crippen LogP contribution in [0.4, 0.5) is 21.9 Å².